The Kier molecular flexibility index (Phi) is 4.66. The smallest absolute Gasteiger partial charge is 0.253 e. The molecule has 5 heteroatoms. The molecule has 0 bridgehead atoms. The van der Waals surface area contributed by atoms with Gasteiger partial charge in [-0.2, -0.15) is 0 Å². The Bertz CT molecular complexity index is 575. The van der Waals surface area contributed by atoms with Crippen molar-refractivity contribution in [1.29, 1.82) is 0 Å². The molecule has 0 radical (unpaired) electrons. The number of carbonyl (C=O) groups excluding carboxylic acids is 2. The quantitative estimate of drug-likeness (QED) is 0.920. The number of hydrogen-bond donors (Lipinski definition) is 1. The summed E-state index contributed by atoms with van der Waals surface area (Å²) >= 11 is 0. The van der Waals surface area contributed by atoms with Crippen LogP contribution < -0.4 is 0 Å². The summed E-state index contributed by atoms with van der Waals surface area (Å²) in [5.74, 6) is 0.200. The molecule has 1 aromatic rings. The third-order valence-corrected chi connectivity index (χ3v) is 5.09. The Morgan fingerprint density at radius 3 is 2.70 bits per heavy atom. The van der Waals surface area contributed by atoms with E-state index in [2.05, 4.69) is 0 Å². The van der Waals surface area contributed by atoms with Crippen LogP contribution in [0.4, 0.5) is 0 Å². The zero-order chi connectivity index (χ0) is 16.3. The molecule has 0 aromatic heterocycles. The summed E-state index contributed by atoms with van der Waals surface area (Å²) in [6.07, 6.45) is 3.38. The van der Waals surface area contributed by atoms with Crippen molar-refractivity contribution in [2.45, 2.75) is 25.7 Å². The summed E-state index contributed by atoms with van der Waals surface area (Å²) in [6, 6.07) is 9.39. The van der Waals surface area contributed by atoms with Gasteiger partial charge in [-0.15, -0.1) is 0 Å². The summed E-state index contributed by atoms with van der Waals surface area (Å²) < 4.78 is 0. The molecule has 3 rings (SSSR count). The molecule has 23 heavy (non-hydrogen) atoms. The third kappa shape index (κ3) is 3.39. The molecular formula is C18H24N2O3. The topological polar surface area (TPSA) is 60.9 Å². The van der Waals surface area contributed by atoms with E-state index in [1.807, 2.05) is 35.2 Å². The number of rotatable bonds is 3. The standard InChI is InChI=1S/C18H24N2O3/c21-12-11-19-13-18(9-7-16(19)22)8-4-10-20(14-18)17(23)15-5-2-1-3-6-15/h1-3,5-6,21H,4,7-14H2. The van der Waals surface area contributed by atoms with Gasteiger partial charge < -0.3 is 14.9 Å². The van der Waals surface area contributed by atoms with Crippen LogP contribution in [-0.2, 0) is 4.79 Å². The van der Waals surface area contributed by atoms with Crippen LogP contribution in [0, 0.1) is 5.41 Å². The van der Waals surface area contributed by atoms with Crippen molar-refractivity contribution >= 4 is 11.8 Å². The zero-order valence-corrected chi connectivity index (χ0v) is 13.4. The molecule has 0 saturated carbocycles. The van der Waals surface area contributed by atoms with Crippen molar-refractivity contribution < 1.29 is 14.7 Å². The Morgan fingerprint density at radius 2 is 1.96 bits per heavy atom. The van der Waals surface area contributed by atoms with E-state index in [0.29, 0.717) is 26.1 Å². The Balaban J connectivity index is 1.72. The number of β-amino-alcohol motifs (C(OH)–C–C–N with tert-alkyl or cyclic N) is 1. The molecule has 1 atom stereocenters. The molecule has 5 nitrogen and oxygen atoms in total. The van der Waals surface area contributed by atoms with Crippen molar-refractivity contribution in [2.75, 3.05) is 32.8 Å². The molecule has 1 aromatic carbocycles. The number of piperidine rings is 2. The summed E-state index contributed by atoms with van der Waals surface area (Å²) in [7, 11) is 0. The SMILES string of the molecule is O=C1CCC2(CCCN(C(=O)c3ccccc3)C2)CN1CCO. The van der Waals surface area contributed by atoms with Gasteiger partial charge in [0.2, 0.25) is 5.91 Å². The number of nitrogens with zero attached hydrogens (tertiary/aromatic N) is 2. The van der Waals surface area contributed by atoms with Crippen LogP contribution in [0.5, 0.6) is 0 Å². The van der Waals surface area contributed by atoms with E-state index >= 15 is 0 Å². The predicted octanol–water partition coefficient (Wildman–Crippen LogP) is 1.52. The lowest BCUT2D eigenvalue weighted by atomic mass is 9.73. The maximum Gasteiger partial charge on any atom is 0.253 e. The molecule has 1 unspecified atom stereocenters. The largest absolute Gasteiger partial charge is 0.395 e. The molecular weight excluding hydrogens is 292 g/mol. The van der Waals surface area contributed by atoms with Crippen LogP contribution in [0.15, 0.2) is 30.3 Å². The van der Waals surface area contributed by atoms with Crippen molar-refractivity contribution in [2.24, 2.45) is 5.41 Å². The lowest BCUT2D eigenvalue weighted by molar-refractivity contribution is -0.139. The number of amides is 2. The monoisotopic (exact) mass is 316 g/mol. The Hall–Kier alpha value is -1.88. The van der Waals surface area contributed by atoms with Gasteiger partial charge >= 0.3 is 0 Å². The van der Waals surface area contributed by atoms with Crippen LogP contribution in [0.25, 0.3) is 0 Å². The number of carbonyl (C=O) groups is 2. The molecule has 0 aliphatic carbocycles. The van der Waals surface area contributed by atoms with Gasteiger partial charge in [0.15, 0.2) is 0 Å². The fourth-order valence-electron chi connectivity index (χ4n) is 3.90. The first-order valence-corrected chi connectivity index (χ1v) is 8.37. The van der Waals surface area contributed by atoms with Crippen LogP contribution in [-0.4, -0.2) is 59.5 Å². The molecule has 2 fully saturated rings. The van der Waals surface area contributed by atoms with Crippen molar-refractivity contribution in [3.8, 4) is 0 Å². The van der Waals surface area contributed by atoms with E-state index in [1.165, 1.54) is 0 Å². The number of aliphatic hydroxyl groups is 1. The summed E-state index contributed by atoms with van der Waals surface area (Å²) in [4.78, 5) is 28.4. The van der Waals surface area contributed by atoms with E-state index in [4.69, 9.17) is 5.11 Å². The van der Waals surface area contributed by atoms with Crippen LogP contribution in [0.3, 0.4) is 0 Å². The lowest BCUT2D eigenvalue weighted by Crippen LogP contribution is -2.55. The van der Waals surface area contributed by atoms with E-state index in [0.717, 1.165) is 31.4 Å². The Labute approximate surface area is 136 Å². The number of aliphatic hydroxyl groups excluding tert-OH is 1. The van der Waals surface area contributed by atoms with Crippen LogP contribution in [0.1, 0.15) is 36.0 Å². The average Bonchev–Trinajstić information content (AvgIpc) is 2.59. The molecule has 2 aliphatic rings. The molecule has 1 N–H and O–H groups in total. The van der Waals surface area contributed by atoms with E-state index < -0.39 is 0 Å². The van der Waals surface area contributed by atoms with E-state index in [1.54, 1.807) is 4.90 Å². The molecule has 1 spiro atoms. The van der Waals surface area contributed by atoms with Crippen molar-refractivity contribution in [3.63, 3.8) is 0 Å². The normalized spacial score (nSPS) is 25.0. The predicted molar refractivity (Wildman–Crippen MR) is 86.9 cm³/mol. The summed E-state index contributed by atoms with van der Waals surface area (Å²) in [5, 5.41) is 9.15. The highest BCUT2D eigenvalue weighted by Crippen LogP contribution is 2.39. The second-order valence-electron chi connectivity index (χ2n) is 6.74. The molecule has 2 saturated heterocycles. The van der Waals surface area contributed by atoms with Crippen molar-refractivity contribution in [1.82, 2.24) is 9.80 Å². The van der Waals surface area contributed by atoms with Gasteiger partial charge in [-0.3, -0.25) is 9.59 Å². The highest BCUT2D eigenvalue weighted by atomic mass is 16.3. The molecule has 2 heterocycles. The zero-order valence-electron chi connectivity index (χ0n) is 13.4. The first kappa shape index (κ1) is 16.0. The maximum absolute atomic E-state index is 12.7. The molecule has 2 amide bonds. The van der Waals surface area contributed by atoms with Gasteiger partial charge in [-0.1, -0.05) is 18.2 Å². The fraction of sp³-hybridized carbons (Fsp3) is 0.556. The molecule has 124 valence electrons. The highest BCUT2D eigenvalue weighted by Gasteiger charge is 2.42. The second kappa shape index (κ2) is 6.71. The highest BCUT2D eigenvalue weighted by molar-refractivity contribution is 5.94. The van der Waals surface area contributed by atoms with Gasteiger partial charge in [-0.25, -0.2) is 0 Å². The number of likely N-dealkylation sites (tertiary alicyclic amines) is 2. The second-order valence-corrected chi connectivity index (χ2v) is 6.74. The van der Waals surface area contributed by atoms with E-state index in [9.17, 15) is 9.59 Å². The van der Waals surface area contributed by atoms with Gasteiger partial charge in [0, 0.05) is 43.6 Å². The summed E-state index contributed by atoms with van der Waals surface area (Å²) in [5.41, 5.74) is 0.717. The number of benzene rings is 1. The maximum atomic E-state index is 12.7. The third-order valence-electron chi connectivity index (χ3n) is 5.09. The molecule has 2 aliphatic heterocycles. The van der Waals surface area contributed by atoms with Gasteiger partial charge in [0.25, 0.3) is 5.91 Å². The van der Waals surface area contributed by atoms with Gasteiger partial charge in [0.1, 0.15) is 0 Å². The summed E-state index contributed by atoms with van der Waals surface area (Å²) in [6.45, 7) is 2.53. The Morgan fingerprint density at radius 1 is 1.17 bits per heavy atom. The van der Waals surface area contributed by atoms with Gasteiger partial charge in [0.05, 0.1) is 6.61 Å². The van der Waals surface area contributed by atoms with Gasteiger partial charge in [-0.05, 0) is 31.4 Å². The van der Waals surface area contributed by atoms with Crippen molar-refractivity contribution in [3.05, 3.63) is 35.9 Å². The van der Waals surface area contributed by atoms with Crippen LogP contribution in [0.2, 0.25) is 0 Å². The van der Waals surface area contributed by atoms with E-state index in [-0.39, 0.29) is 23.8 Å². The first-order chi connectivity index (χ1) is 11.1. The first-order valence-electron chi connectivity index (χ1n) is 8.37. The van der Waals surface area contributed by atoms with Crippen LogP contribution >= 0.6 is 0 Å². The minimum absolute atomic E-state index is 0.00548. The fourth-order valence-corrected chi connectivity index (χ4v) is 3.90. The lowest BCUT2D eigenvalue weighted by Gasteiger charge is -2.48. The number of hydrogen-bond acceptors (Lipinski definition) is 3. The average molecular weight is 316 g/mol. The minimum atomic E-state index is -0.00816. The minimum Gasteiger partial charge on any atom is -0.395 e.